The molecule has 0 aliphatic carbocycles. The number of ether oxygens (including phenoxy) is 1. The minimum absolute atomic E-state index is 0.250. The van der Waals surface area contributed by atoms with Crippen molar-refractivity contribution in [3.05, 3.63) is 65.0 Å². The van der Waals surface area contributed by atoms with Gasteiger partial charge in [-0.2, -0.15) is 0 Å². The second-order valence-electron chi connectivity index (χ2n) is 3.57. The molecule has 5 heteroatoms. The molecule has 19 heavy (non-hydrogen) atoms. The van der Waals surface area contributed by atoms with Crippen molar-refractivity contribution in [3.8, 4) is 5.75 Å². The van der Waals surface area contributed by atoms with E-state index < -0.39 is 6.09 Å². The van der Waals surface area contributed by atoms with Crippen LogP contribution in [0.1, 0.15) is 0 Å². The van der Waals surface area contributed by atoms with Crippen LogP contribution in [0.2, 0.25) is 5.02 Å². The standard InChI is InChI=1S/C14H9ClN2O2/c1-16-12-9-5-8-11(15)13(12)17-14(18)19-10-6-3-2-4-7-10/h2-9H,(H,17,18). The van der Waals surface area contributed by atoms with Gasteiger partial charge in [0, 0.05) is 0 Å². The first kappa shape index (κ1) is 12.9. The fraction of sp³-hybridized carbons (Fsp3) is 0. The Morgan fingerprint density at radius 3 is 2.58 bits per heavy atom. The smallest absolute Gasteiger partial charge is 0.410 e. The van der Waals surface area contributed by atoms with Crippen LogP contribution in [0.3, 0.4) is 0 Å². The Hall–Kier alpha value is -2.51. The summed E-state index contributed by atoms with van der Waals surface area (Å²) in [5.74, 6) is 0.413. The third kappa shape index (κ3) is 3.24. The Labute approximate surface area is 115 Å². The molecule has 0 unspecified atom stereocenters. The molecule has 0 aromatic heterocycles. The first-order valence-corrected chi connectivity index (χ1v) is 5.78. The number of amides is 1. The normalized spacial score (nSPS) is 9.47. The van der Waals surface area contributed by atoms with Gasteiger partial charge in [-0.15, -0.1) is 0 Å². The molecule has 2 rings (SSSR count). The molecule has 0 bridgehead atoms. The van der Waals surface area contributed by atoms with Gasteiger partial charge in [-0.25, -0.2) is 9.64 Å². The van der Waals surface area contributed by atoms with Crippen molar-refractivity contribution in [1.82, 2.24) is 0 Å². The predicted octanol–water partition coefficient (Wildman–Crippen LogP) is 4.50. The third-order valence-electron chi connectivity index (χ3n) is 2.29. The number of carbonyl (C=O) groups excluding carboxylic acids is 1. The molecule has 0 saturated carbocycles. The maximum absolute atomic E-state index is 11.7. The van der Waals surface area contributed by atoms with E-state index in [2.05, 4.69) is 10.2 Å². The van der Waals surface area contributed by atoms with Crippen molar-refractivity contribution < 1.29 is 9.53 Å². The number of rotatable bonds is 2. The average molecular weight is 273 g/mol. The summed E-state index contributed by atoms with van der Waals surface area (Å²) in [5.41, 5.74) is 0.512. The lowest BCUT2D eigenvalue weighted by molar-refractivity contribution is 0.215. The number of halogens is 1. The lowest BCUT2D eigenvalue weighted by atomic mass is 10.2. The zero-order valence-electron chi connectivity index (χ0n) is 9.76. The SMILES string of the molecule is [C-]#[N+]c1cccc(Cl)c1NC(=O)Oc1ccccc1. The van der Waals surface area contributed by atoms with E-state index in [0.717, 1.165) is 0 Å². The molecule has 0 heterocycles. The van der Waals surface area contributed by atoms with Gasteiger partial charge in [-0.05, 0) is 18.2 Å². The van der Waals surface area contributed by atoms with E-state index in [1.807, 2.05) is 6.07 Å². The first-order valence-electron chi connectivity index (χ1n) is 5.40. The Balaban J connectivity index is 2.14. The Morgan fingerprint density at radius 1 is 1.16 bits per heavy atom. The van der Waals surface area contributed by atoms with E-state index >= 15 is 0 Å². The summed E-state index contributed by atoms with van der Waals surface area (Å²) in [4.78, 5) is 15.0. The maximum Gasteiger partial charge on any atom is 0.416 e. The van der Waals surface area contributed by atoms with Crippen molar-refractivity contribution in [1.29, 1.82) is 0 Å². The summed E-state index contributed by atoms with van der Waals surface area (Å²) >= 11 is 5.94. The molecule has 0 radical (unpaired) electrons. The van der Waals surface area contributed by atoms with Crippen LogP contribution in [0, 0.1) is 6.57 Å². The Bertz CT molecular complexity index is 636. The molecule has 0 spiro atoms. The van der Waals surface area contributed by atoms with Crippen molar-refractivity contribution in [2.75, 3.05) is 5.32 Å². The molecular formula is C14H9ClN2O2. The molecule has 0 aliphatic heterocycles. The zero-order chi connectivity index (χ0) is 13.7. The zero-order valence-corrected chi connectivity index (χ0v) is 10.5. The highest BCUT2D eigenvalue weighted by Gasteiger charge is 2.11. The summed E-state index contributed by atoms with van der Waals surface area (Å²) < 4.78 is 5.06. The summed E-state index contributed by atoms with van der Waals surface area (Å²) in [7, 11) is 0. The summed E-state index contributed by atoms with van der Waals surface area (Å²) in [6, 6.07) is 13.4. The number of nitrogens with zero attached hydrogens (tertiary/aromatic N) is 1. The molecular weight excluding hydrogens is 264 g/mol. The summed E-state index contributed by atoms with van der Waals surface area (Å²) in [6.07, 6.45) is -0.691. The number of benzene rings is 2. The van der Waals surface area contributed by atoms with Crippen LogP contribution in [0.15, 0.2) is 48.5 Å². The van der Waals surface area contributed by atoms with E-state index in [-0.39, 0.29) is 11.4 Å². The quantitative estimate of drug-likeness (QED) is 0.818. The first-order chi connectivity index (χ1) is 9.20. The minimum Gasteiger partial charge on any atom is -0.410 e. The molecule has 0 fully saturated rings. The van der Waals surface area contributed by atoms with Gasteiger partial charge in [0.25, 0.3) is 0 Å². The number of hydrogen-bond acceptors (Lipinski definition) is 2. The number of hydrogen-bond donors (Lipinski definition) is 1. The Kier molecular flexibility index (Phi) is 4.01. The molecule has 0 atom stereocenters. The van der Waals surface area contributed by atoms with Gasteiger partial charge >= 0.3 is 6.09 Å². The van der Waals surface area contributed by atoms with Crippen molar-refractivity contribution in [3.63, 3.8) is 0 Å². The summed E-state index contributed by atoms with van der Waals surface area (Å²) in [5, 5.41) is 2.76. The Morgan fingerprint density at radius 2 is 1.89 bits per heavy atom. The monoisotopic (exact) mass is 272 g/mol. The van der Waals surface area contributed by atoms with Crippen LogP contribution in [-0.4, -0.2) is 6.09 Å². The van der Waals surface area contributed by atoms with Crippen LogP contribution < -0.4 is 10.1 Å². The highest BCUT2D eigenvalue weighted by molar-refractivity contribution is 6.34. The second kappa shape index (κ2) is 5.89. The predicted molar refractivity (Wildman–Crippen MR) is 73.8 cm³/mol. The molecule has 94 valence electrons. The lowest BCUT2D eigenvalue weighted by Crippen LogP contribution is -2.16. The van der Waals surface area contributed by atoms with Gasteiger partial charge in [0.1, 0.15) is 5.75 Å². The fourth-order valence-electron chi connectivity index (χ4n) is 1.45. The molecule has 4 nitrogen and oxygen atoms in total. The number of nitrogens with one attached hydrogen (secondary N) is 1. The van der Waals surface area contributed by atoms with E-state index in [9.17, 15) is 4.79 Å². The maximum atomic E-state index is 11.7. The number of carbonyl (C=O) groups is 1. The van der Waals surface area contributed by atoms with Crippen LogP contribution in [0.5, 0.6) is 5.75 Å². The topological polar surface area (TPSA) is 42.7 Å². The van der Waals surface area contributed by atoms with Gasteiger partial charge < -0.3 is 4.74 Å². The average Bonchev–Trinajstić information content (AvgIpc) is 2.42. The van der Waals surface area contributed by atoms with E-state index in [1.54, 1.807) is 42.5 Å². The van der Waals surface area contributed by atoms with E-state index in [1.165, 1.54) is 0 Å². The molecule has 2 aromatic rings. The molecule has 1 N–H and O–H groups in total. The minimum atomic E-state index is -0.691. The van der Waals surface area contributed by atoms with E-state index in [0.29, 0.717) is 10.8 Å². The van der Waals surface area contributed by atoms with Gasteiger partial charge in [0.05, 0.1) is 17.3 Å². The molecule has 1 amide bonds. The largest absolute Gasteiger partial charge is 0.416 e. The highest BCUT2D eigenvalue weighted by atomic mass is 35.5. The number of para-hydroxylation sites is 2. The lowest BCUT2D eigenvalue weighted by Gasteiger charge is -2.09. The van der Waals surface area contributed by atoms with Gasteiger partial charge in [-0.1, -0.05) is 41.9 Å². The molecule has 2 aromatic carbocycles. The van der Waals surface area contributed by atoms with Gasteiger partial charge in [0.15, 0.2) is 0 Å². The van der Waals surface area contributed by atoms with Crippen LogP contribution in [0.25, 0.3) is 4.85 Å². The van der Waals surface area contributed by atoms with E-state index in [4.69, 9.17) is 22.9 Å². The molecule has 0 aliphatic rings. The third-order valence-corrected chi connectivity index (χ3v) is 2.61. The van der Waals surface area contributed by atoms with Crippen LogP contribution >= 0.6 is 11.6 Å². The van der Waals surface area contributed by atoms with Crippen LogP contribution in [-0.2, 0) is 0 Å². The highest BCUT2D eigenvalue weighted by Crippen LogP contribution is 2.32. The van der Waals surface area contributed by atoms with Crippen molar-refractivity contribution in [2.45, 2.75) is 0 Å². The van der Waals surface area contributed by atoms with Crippen molar-refractivity contribution >= 4 is 29.1 Å². The van der Waals surface area contributed by atoms with Gasteiger partial charge in [-0.3, -0.25) is 5.32 Å². The van der Waals surface area contributed by atoms with Gasteiger partial charge in [0.2, 0.25) is 5.69 Å². The fourth-order valence-corrected chi connectivity index (χ4v) is 1.67. The second-order valence-corrected chi connectivity index (χ2v) is 3.98. The summed E-state index contributed by atoms with van der Waals surface area (Å²) in [6.45, 7) is 7.02. The van der Waals surface area contributed by atoms with Crippen LogP contribution in [0.4, 0.5) is 16.2 Å². The number of anilines is 1. The van der Waals surface area contributed by atoms with Crippen molar-refractivity contribution in [2.24, 2.45) is 0 Å². The molecule has 0 saturated heterocycles.